The summed E-state index contributed by atoms with van der Waals surface area (Å²) in [6, 6.07) is 15.9. The first-order valence-corrected chi connectivity index (χ1v) is 7.93. The molecule has 0 unspecified atom stereocenters. The molecule has 3 aromatic rings. The first-order chi connectivity index (χ1) is 11.6. The maximum atomic E-state index is 11.0. The fourth-order valence-corrected chi connectivity index (χ4v) is 2.75. The lowest BCUT2D eigenvalue weighted by Gasteiger charge is -2.09. The molecule has 0 atom stereocenters. The number of carbonyl (C=O) groups excluding carboxylic acids is 1. The SMILES string of the molecule is Cc1cn(-c2cccc(C=O)c2)nc1-c1ccc(CN(C)C)cc1. The van der Waals surface area contributed by atoms with Gasteiger partial charge >= 0.3 is 0 Å². The van der Waals surface area contributed by atoms with E-state index in [0.29, 0.717) is 5.56 Å². The Balaban J connectivity index is 1.92. The first-order valence-electron chi connectivity index (χ1n) is 7.93. The molecule has 4 nitrogen and oxygen atoms in total. The van der Waals surface area contributed by atoms with Gasteiger partial charge in [-0.15, -0.1) is 0 Å². The summed E-state index contributed by atoms with van der Waals surface area (Å²) in [5, 5.41) is 4.71. The number of hydrogen-bond acceptors (Lipinski definition) is 3. The Bertz CT molecular complexity index is 848. The smallest absolute Gasteiger partial charge is 0.150 e. The molecule has 122 valence electrons. The van der Waals surface area contributed by atoms with E-state index in [1.54, 1.807) is 6.07 Å². The predicted molar refractivity (Wildman–Crippen MR) is 96.5 cm³/mol. The summed E-state index contributed by atoms with van der Waals surface area (Å²) in [5.74, 6) is 0. The van der Waals surface area contributed by atoms with Crippen LogP contribution in [0, 0.1) is 6.92 Å². The summed E-state index contributed by atoms with van der Waals surface area (Å²) >= 11 is 0. The molecule has 4 heteroatoms. The van der Waals surface area contributed by atoms with Crippen molar-refractivity contribution in [3.8, 4) is 16.9 Å². The third-order valence-electron chi connectivity index (χ3n) is 3.89. The molecule has 0 aliphatic rings. The maximum Gasteiger partial charge on any atom is 0.150 e. The number of hydrogen-bond donors (Lipinski definition) is 0. The van der Waals surface area contributed by atoms with Crippen LogP contribution in [0.1, 0.15) is 21.5 Å². The molecule has 0 spiro atoms. The Kier molecular flexibility index (Phi) is 4.58. The van der Waals surface area contributed by atoms with Crippen molar-refractivity contribution in [1.82, 2.24) is 14.7 Å². The highest BCUT2D eigenvalue weighted by molar-refractivity contribution is 5.76. The fraction of sp³-hybridized carbons (Fsp3) is 0.200. The van der Waals surface area contributed by atoms with Gasteiger partial charge in [-0.2, -0.15) is 5.10 Å². The van der Waals surface area contributed by atoms with Crippen molar-refractivity contribution in [3.63, 3.8) is 0 Å². The predicted octanol–water partition coefficient (Wildman–Crippen LogP) is 3.72. The van der Waals surface area contributed by atoms with Gasteiger partial charge < -0.3 is 4.90 Å². The third-order valence-corrected chi connectivity index (χ3v) is 3.89. The number of aryl methyl sites for hydroxylation is 1. The lowest BCUT2D eigenvalue weighted by atomic mass is 10.1. The summed E-state index contributed by atoms with van der Waals surface area (Å²) in [7, 11) is 4.13. The Morgan fingerprint density at radius 3 is 2.54 bits per heavy atom. The molecule has 0 radical (unpaired) electrons. The molecule has 1 heterocycles. The largest absolute Gasteiger partial charge is 0.305 e. The van der Waals surface area contributed by atoms with Crippen LogP contribution in [0.2, 0.25) is 0 Å². The van der Waals surface area contributed by atoms with Crippen LogP contribution in [0.4, 0.5) is 0 Å². The molecule has 3 rings (SSSR count). The minimum absolute atomic E-state index is 0.648. The average Bonchev–Trinajstić information content (AvgIpc) is 2.97. The lowest BCUT2D eigenvalue weighted by molar-refractivity contribution is 0.112. The summed E-state index contributed by atoms with van der Waals surface area (Å²) < 4.78 is 1.82. The van der Waals surface area contributed by atoms with Crippen LogP contribution in [0.25, 0.3) is 16.9 Å². The standard InChI is InChI=1S/C20H21N3O/c1-15-12-23(19-6-4-5-17(11-19)14-24)21-20(15)18-9-7-16(8-10-18)13-22(2)3/h4-12,14H,13H2,1-3H3. The van der Waals surface area contributed by atoms with Gasteiger partial charge in [0.2, 0.25) is 0 Å². The number of benzene rings is 2. The molecular weight excluding hydrogens is 298 g/mol. The summed E-state index contributed by atoms with van der Waals surface area (Å²) in [6.07, 6.45) is 2.84. The van der Waals surface area contributed by atoms with Crippen LogP contribution >= 0.6 is 0 Å². The van der Waals surface area contributed by atoms with E-state index in [1.165, 1.54) is 5.56 Å². The van der Waals surface area contributed by atoms with E-state index in [9.17, 15) is 4.79 Å². The molecular formula is C20H21N3O. The second kappa shape index (κ2) is 6.81. The van der Waals surface area contributed by atoms with E-state index in [-0.39, 0.29) is 0 Å². The molecule has 0 aliphatic heterocycles. The zero-order valence-corrected chi connectivity index (χ0v) is 14.2. The summed E-state index contributed by atoms with van der Waals surface area (Å²) in [5.41, 5.74) is 5.98. The first kappa shape index (κ1) is 16.1. The number of carbonyl (C=O) groups is 1. The van der Waals surface area contributed by atoms with Crippen molar-refractivity contribution >= 4 is 6.29 Å². The zero-order chi connectivity index (χ0) is 17.1. The minimum atomic E-state index is 0.648. The van der Waals surface area contributed by atoms with E-state index in [0.717, 1.165) is 35.3 Å². The van der Waals surface area contributed by atoms with Gasteiger partial charge in [0.25, 0.3) is 0 Å². The summed E-state index contributed by atoms with van der Waals surface area (Å²) in [4.78, 5) is 13.1. The van der Waals surface area contributed by atoms with E-state index < -0.39 is 0 Å². The Morgan fingerprint density at radius 1 is 1.12 bits per heavy atom. The van der Waals surface area contributed by atoms with Crippen molar-refractivity contribution in [2.24, 2.45) is 0 Å². The van der Waals surface area contributed by atoms with Gasteiger partial charge in [-0.3, -0.25) is 4.79 Å². The molecule has 24 heavy (non-hydrogen) atoms. The van der Waals surface area contributed by atoms with Crippen LogP contribution in [0.15, 0.2) is 54.7 Å². The van der Waals surface area contributed by atoms with Gasteiger partial charge in [0, 0.05) is 23.9 Å². The molecule has 0 bridgehead atoms. The molecule has 0 saturated carbocycles. The Labute approximate surface area is 142 Å². The van der Waals surface area contributed by atoms with Gasteiger partial charge in [0.1, 0.15) is 6.29 Å². The Morgan fingerprint density at radius 2 is 1.88 bits per heavy atom. The highest BCUT2D eigenvalue weighted by Gasteiger charge is 2.09. The average molecular weight is 319 g/mol. The van der Waals surface area contributed by atoms with Crippen LogP contribution < -0.4 is 0 Å². The quantitative estimate of drug-likeness (QED) is 0.673. The molecule has 0 aliphatic carbocycles. The molecule has 1 aromatic heterocycles. The Hall–Kier alpha value is -2.72. The van der Waals surface area contributed by atoms with Crippen molar-refractivity contribution in [2.75, 3.05) is 14.1 Å². The van der Waals surface area contributed by atoms with Gasteiger partial charge in [0.05, 0.1) is 11.4 Å². The van der Waals surface area contributed by atoms with E-state index in [1.807, 2.05) is 29.1 Å². The van der Waals surface area contributed by atoms with Crippen LogP contribution in [-0.4, -0.2) is 35.1 Å². The number of aromatic nitrogens is 2. The second-order valence-electron chi connectivity index (χ2n) is 6.25. The maximum absolute atomic E-state index is 11.0. The summed E-state index contributed by atoms with van der Waals surface area (Å²) in [6.45, 7) is 2.97. The van der Waals surface area contributed by atoms with Crippen molar-refractivity contribution < 1.29 is 4.79 Å². The second-order valence-corrected chi connectivity index (χ2v) is 6.25. The third kappa shape index (κ3) is 3.44. The number of rotatable bonds is 5. The van der Waals surface area contributed by atoms with Crippen molar-refractivity contribution in [3.05, 3.63) is 71.4 Å². The number of aldehydes is 1. The van der Waals surface area contributed by atoms with Gasteiger partial charge in [-0.05, 0) is 44.3 Å². The minimum Gasteiger partial charge on any atom is -0.305 e. The van der Waals surface area contributed by atoms with Gasteiger partial charge in [-0.1, -0.05) is 36.4 Å². The highest BCUT2D eigenvalue weighted by Crippen LogP contribution is 2.24. The van der Waals surface area contributed by atoms with Crippen molar-refractivity contribution in [1.29, 1.82) is 0 Å². The van der Waals surface area contributed by atoms with Crippen molar-refractivity contribution in [2.45, 2.75) is 13.5 Å². The van der Waals surface area contributed by atoms with Gasteiger partial charge in [-0.25, -0.2) is 4.68 Å². The molecule has 0 N–H and O–H groups in total. The number of nitrogens with zero attached hydrogens (tertiary/aromatic N) is 3. The topological polar surface area (TPSA) is 38.1 Å². The normalized spacial score (nSPS) is 11.0. The van der Waals surface area contributed by atoms with Gasteiger partial charge in [0.15, 0.2) is 0 Å². The van der Waals surface area contributed by atoms with E-state index in [2.05, 4.69) is 50.2 Å². The van der Waals surface area contributed by atoms with Crippen LogP contribution in [0.3, 0.4) is 0 Å². The molecule has 0 saturated heterocycles. The van der Waals surface area contributed by atoms with Crippen LogP contribution in [0.5, 0.6) is 0 Å². The monoisotopic (exact) mass is 319 g/mol. The van der Waals surface area contributed by atoms with E-state index in [4.69, 9.17) is 5.10 Å². The zero-order valence-electron chi connectivity index (χ0n) is 14.2. The molecule has 0 amide bonds. The highest BCUT2D eigenvalue weighted by atomic mass is 16.1. The molecule has 2 aromatic carbocycles. The fourth-order valence-electron chi connectivity index (χ4n) is 2.75. The molecule has 0 fully saturated rings. The van der Waals surface area contributed by atoms with Crippen LogP contribution in [-0.2, 0) is 6.54 Å². The van der Waals surface area contributed by atoms with E-state index >= 15 is 0 Å². The lowest BCUT2D eigenvalue weighted by Crippen LogP contribution is -2.10.